The molecule has 0 aliphatic carbocycles. The Kier molecular flexibility index (Phi) is 4.88. The molecule has 1 aromatic carbocycles. The van der Waals surface area contributed by atoms with Crippen LogP contribution < -0.4 is 10.1 Å². The minimum absolute atomic E-state index is 0.262. The summed E-state index contributed by atoms with van der Waals surface area (Å²) in [5.74, 6) is 0.511. The first-order chi connectivity index (χ1) is 11.1. The van der Waals surface area contributed by atoms with Crippen molar-refractivity contribution < 1.29 is 14.3 Å². The summed E-state index contributed by atoms with van der Waals surface area (Å²) in [6, 6.07) is 8.74. The maximum absolute atomic E-state index is 12.0. The van der Waals surface area contributed by atoms with Gasteiger partial charge in [-0.2, -0.15) is 0 Å². The van der Waals surface area contributed by atoms with E-state index in [9.17, 15) is 4.79 Å². The average Bonchev–Trinajstić information content (AvgIpc) is 2.54. The molecule has 2 heterocycles. The highest BCUT2D eigenvalue weighted by molar-refractivity contribution is 6.35. The summed E-state index contributed by atoms with van der Waals surface area (Å²) in [7, 11) is 0. The van der Waals surface area contributed by atoms with E-state index in [1.54, 1.807) is 30.5 Å². The zero-order valence-corrected chi connectivity index (χ0v) is 13.6. The lowest BCUT2D eigenvalue weighted by Crippen LogP contribution is -2.28. The van der Waals surface area contributed by atoms with Crippen molar-refractivity contribution in [2.75, 3.05) is 6.61 Å². The normalized spacial score (nSPS) is 16.2. The molecule has 23 heavy (non-hydrogen) atoms. The molecule has 0 fully saturated rings. The number of benzene rings is 1. The van der Waals surface area contributed by atoms with Crippen LogP contribution in [0.5, 0.6) is 5.88 Å². The topological polar surface area (TPSA) is 60.5 Å². The van der Waals surface area contributed by atoms with Gasteiger partial charge in [-0.25, -0.2) is 9.78 Å². The molecule has 0 radical (unpaired) electrons. The number of pyridine rings is 1. The van der Waals surface area contributed by atoms with Crippen LogP contribution in [0.4, 0.5) is 4.79 Å². The van der Waals surface area contributed by atoms with Crippen molar-refractivity contribution in [3.8, 4) is 5.88 Å². The van der Waals surface area contributed by atoms with E-state index in [-0.39, 0.29) is 12.6 Å². The van der Waals surface area contributed by atoms with Crippen molar-refractivity contribution in [3.05, 3.63) is 57.7 Å². The summed E-state index contributed by atoms with van der Waals surface area (Å²) in [5, 5.41) is 3.73. The molecule has 7 heteroatoms. The second kappa shape index (κ2) is 7.06. The predicted octanol–water partition coefficient (Wildman–Crippen LogP) is 4.14. The van der Waals surface area contributed by atoms with Crippen LogP contribution >= 0.6 is 23.2 Å². The predicted molar refractivity (Wildman–Crippen MR) is 86.9 cm³/mol. The molecule has 1 N–H and O–H groups in total. The molecule has 1 amide bonds. The Balaban J connectivity index is 1.60. The monoisotopic (exact) mass is 352 g/mol. The quantitative estimate of drug-likeness (QED) is 0.901. The van der Waals surface area contributed by atoms with Gasteiger partial charge in [-0.15, -0.1) is 0 Å². The number of amides is 1. The van der Waals surface area contributed by atoms with E-state index in [2.05, 4.69) is 10.3 Å². The van der Waals surface area contributed by atoms with Crippen LogP contribution in [-0.4, -0.2) is 17.7 Å². The lowest BCUT2D eigenvalue weighted by atomic mass is 10.1. The number of nitrogens with zero attached hydrogens (tertiary/aromatic N) is 1. The van der Waals surface area contributed by atoms with Crippen molar-refractivity contribution in [2.24, 2.45) is 0 Å². The molecule has 0 saturated heterocycles. The molecule has 1 aromatic heterocycles. The molecule has 5 nitrogen and oxygen atoms in total. The van der Waals surface area contributed by atoms with Gasteiger partial charge in [-0.3, -0.25) is 0 Å². The lowest BCUT2D eigenvalue weighted by Gasteiger charge is -2.24. The molecule has 1 unspecified atom stereocenters. The minimum Gasteiger partial charge on any atom is -0.477 e. The SMILES string of the molecule is O=C(NCc1ccc(Cl)cc1Cl)OC1CCOc2ncccc21. The highest BCUT2D eigenvalue weighted by atomic mass is 35.5. The number of halogens is 2. The summed E-state index contributed by atoms with van der Waals surface area (Å²) in [5.41, 5.74) is 1.54. The van der Waals surface area contributed by atoms with E-state index in [0.29, 0.717) is 29.0 Å². The number of hydrogen-bond donors (Lipinski definition) is 1. The summed E-state index contributed by atoms with van der Waals surface area (Å²) in [6.07, 6.45) is 1.35. The molecular weight excluding hydrogens is 339 g/mol. The standard InChI is InChI=1S/C16H14Cl2N2O3/c17-11-4-3-10(13(18)8-11)9-20-16(21)23-14-5-7-22-15-12(14)2-1-6-19-15/h1-4,6,8,14H,5,7,9H2,(H,20,21). The Hall–Kier alpha value is -1.98. The first kappa shape index (κ1) is 15.9. The van der Waals surface area contributed by atoms with E-state index >= 15 is 0 Å². The number of nitrogens with one attached hydrogen (secondary N) is 1. The van der Waals surface area contributed by atoms with Crippen molar-refractivity contribution >= 4 is 29.3 Å². The molecule has 3 rings (SSSR count). The largest absolute Gasteiger partial charge is 0.477 e. The number of fused-ring (bicyclic) bond motifs is 1. The molecular formula is C16H14Cl2N2O3. The Bertz CT molecular complexity index is 724. The number of alkyl carbamates (subject to hydrolysis) is 1. The first-order valence-electron chi connectivity index (χ1n) is 7.09. The van der Waals surface area contributed by atoms with Gasteiger partial charge in [0.2, 0.25) is 5.88 Å². The first-order valence-corrected chi connectivity index (χ1v) is 7.85. The van der Waals surface area contributed by atoms with Crippen LogP contribution in [0.2, 0.25) is 10.0 Å². The Morgan fingerprint density at radius 3 is 3.09 bits per heavy atom. The second-order valence-corrected chi connectivity index (χ2v) is 5.86. The Labute approximate surface area is 143 Å². The van der Waals surface area contributed by atoms with Crippen LogP contribution in [0.25, 0.3) is 0 Å². The van der Waals surface area contributed by atoms with Crippen LogP contribution in [0.3, 0.4) is 0 Å². The fourth-order valence-corrected chi connectivity index (χ4v) is 2.79. The van der Waals surface area contributed by atoms with Crippen LogP contribution in [-0.2, 0) is 11.3 Å². The molecule has 1 aliphatic rings. The van der Waals surface area contributed by atoms with Crippen molar-refractivity contribution in [2.45, 2.75) is 19.1 Å². The van der Waals surface area contributed by atoms with Crippen molar-refractivity contribution in [3.63, 3.8) is 0 Å². The van der Waals surface area contributed by atoms with Crippen LogP contribution in [0, 0.1) is 0 Å². The smallest absolute Gasteiger partial charge is 0.408 e. The molecule has 0 saturated carbocycles. The van der Waals surface area contributed by atoms with Gasteiger partial charge in [0.15, 0.2) is 0 Å². The second-order valence-electron chi connectivity index (χ2n) is 5.02. The molecule has 0 bridgehead atoms. The highest BCUT2D eigenvalue weighted by Crippen LogP contribution is 2.32. The van der Waals surface area contributed by atoms with Crippen molar-refractivity contribution in [1.29, 1.82) is 0 Å². The zero-order chi connectivity index (χ0) is 16.2. The van der Waals surface area contributed by atoms with Gasteiger partial charge < -0.3 is 14.8 Å². The third kappa shape index (κ3) is 3.86. The summed E-state index contributed by atoms with van der Waals surface area (Å²) in [6.45, 7) is 0.725. The summed E-state index contributed by atoms with van der Waals surface area (Å²) < 4.78 is 10.9. The number of carbonyl (C=O) groups is 1. The van der Waals surface area contributed by atoms with E-state index in [1.807, 2.05) is 6.07 Å². The summed E-state index contributed by atoms with van der Waals surface area (Å²) >= 11 is 11.9. The van der Waals surface area contributed by atoms with Crippen molar-refractivity contribution in [1.82, 2.24) is 10.3 Å². The van der Waals surface area contributed by atoms with E-state index in [0.717, 1.165) is 11.1 Å². The van der Waals surface area contributed by atoms with E-state index in [4.69, 9.17) is 32.7 Å². The van der Waals surface area contributed by atoms with Gasteiger partial charge in [-0.1, -0.05) is 29.3 Å². The molecule has 1 aliphatic heterocycles. The summed E-state index contributed by atoms with van der Waals surface area (Å²) in [4.78, 5) is 16.1. The third-order valence-corrected chi connectivity index (χ3v) is 4.04. The average molecular weight is 353 g/mol. The van der Waals surface area contributed by atoms with Gasteiger partial charge in [-0.05, 0) is 29.8 Å². The number of aromatic nitrogens is 1. The molecule has 0 spiro atoms. The number of ether oxygens (including phenoxy) is 2. The van der Waals surface area contributed by atoms with Gasteiger partial charge in [0.25, 0.3) is 0 Å². The minimum atomic E-state index is -0.516. The lowest BCUT2D eigenvalue weighted by molar-refractivity contribution is 0.0677. The van der Waals surface area contributed by atoms with Gasteiger partial charge >= 0.3 is 6.09 Å². The fraction of sp³-hybridized carbons (Fsp3) is 0.250. The van der Waals surface area contributed by atoms with Gasteiger partial charge in [0.05, 0.1) is 12.2 Å². The Morgan fingerprint density at radius 1 is 1.39 bits per heavy atom. The maximum atomic E-state index is 12.0. The van der Waals surface area contributed by atoms with E-state index < -0.39 is 6.09 Å². The van der Waals surface area contributed by atoms with Gasteiger partial charge in [0, 0.05) is 29.2 Å². The van der Waals surface area contributed by atoms with E-state index in [1.165, 1.54) is 0 Å². The Morgan fingerprint density at radius 2 is 2.26 bits per heavy atom. The molecule has 120 valence electrons. The maximum Gasteiger partial charge on any atom is 0.408 e. The number of rotatable bonds is 3. The zero-order valence-electron chi connectivity index (χ0n) is 12.1. The molecule has 1 atom stereocenters. The van der Waals surface area contributed by atoms with Gasteiger partial charge in [0.1, 0.15) is 6.10 Å². The number of carbonyl (C=O) groups excluding carboxylic acids is 1. The third-order valence-electron chi connectivity index (χ3n) is 3.45. The van der Waals surface area contributed by atoms with Crippen LogP contribution in [0.15, 0.2) is 36.5 Å². The van der Waals surface area contributed by atoms with Crippen LogP contribution in [0.1, 0.15) is 23.7 Å². The highest BCUT2D eigenvalue weighted by Gasteiger charge is 2.25. The fourth-order valence-electron chi connectivity index (χ4n) is 2.31. The number of hydrogen-bond acceptors (Lipinski definition) is 4. The molecule has 2 aromatic rings.